The molecule has 110 valence electrons. The molecule has 0 amide bonds. The predicted molar refractivity (Wildman–Crippen MR) is 77.1 cm³/mol. The summed E-state index contributed by atoms with van der Waals surface area (Å²) in [4.78, 5) is 0. The molecule has 3 N–H and O–H groups in total. The van der Waals surface area contributed by atoms with Crippen LogP contribution in [0.15, 0.2) is 18.2 Å². The lowest BCUT2D eigenvalue weighted by atomic mass is 9.97. The van der Waals surface area contributed by atoms with E-state index in [9.17, 15) is 5.11 Å². The number of para-hydroxylation sites is 1. The van der Waals surface area contributed by atoms with Gasteiger partial charge in [-0.1, -0.05) is 12.1 Å². The van der Waals surface area contributed by atoms with Gasteiger partial charge >= 0.3 is 0 Å². The van der Waals surface area contributed by atoms with E-state index in [1.807, 2.05) is 12.1 Å². The van der Waals surface area contributed by atoms with Crippen LogP contribution >= 0.6 is 0 Å². The molecule has 0 bridgehead atoms. The van der Waals surface area contributed by atoms with E-state index < -0.39 is 5.54 Å². The Labute approximate surface area is 119 Å². The Morgan fingerprint density at radius 2 is 2.20 bits per heavy atom. The van der Waals surface area contributed by atoms with Crippen molar-refractivity contribution in [2.24, 2.45) is 11.7 Å². The largest absolute Gasteiger partial charge is 0.488 e. The minimum absolute atomic E-state index is 0.0426. The fourth-order valence-corrected chi connectivity index (χ4v) is 2.86. The van der Waals surface area contributed by atoms with Gasteiger partial charge in [-0.2, -0.15) is 0 Å². The summed E-state index contributed by atoms with van der Waals surface area (Å²) < 4.78 is 11.9. The number of benzene rings is 1. The van der Waals surface area contributed by atoms with E-state index in [4.69, 9.17) is 15.2 Å². The molecule has 0 aromatic heterocycles. The maximum absolute atomic E-state index is 9.51. The third-order valence-corrected chi connectivity index (χ3v) is 4.24. The van der Waals surface area contributed by atoms with Gasteiger partial charge in [-0.05, 0) is 38.7 Å². The Hall–Kier alpha value is -1.26. The van der Waals surface area contributed by atoms with E-state index in [2.05, 4.69) is 19.9 Å². The number of hydrogen-bond acceptors (Lipinski definition) is 4. The number of hydrogen-bond donors (Lipinski definition) is 2. The predicted octanol–water partition coefficient (Wildman–Crippen LogP) is 1.88. The molecule has 1 aliphatic carbocycles. The zero-order valence-electron chi connectivity index (χ0n) is 12.2. The average Bonchev–Trinajstić information content (AvgIpc) is 3.19. The second-order valence-corrected chi connectivity index (χ2v) is 6.74. The highest BCUT2D eigenvalue weighted by molar-refractivity contribution is 5.50. The topological polar surface area (TPSA) is 64.7 Å². The van der Waals surface area contributed by atoms with Gasteiger partial charge < -0.3 is 20.3 Å². The van der Waals surface area contributed by atoms with Crippen LogP contribution in [0.4, 0.5) is 0 Å². The number of fused-ring (bicyclic) bond motifs is 1. The zero-order chi connectivity index (χ0) is 14.4. The van der Waals surface area contributed by atoms with Gasteiger partial charge in [-0.3, -0.25) is 0 Å². The molecule has 4 heteroatoms. The number of aliphatic hydroxyl groups is 1. The molecule has 2 aliphatic rings. The molecule has 1 aromatic rings. The standard InChI is InChI=1S/C16H23NO3/c1-15(2)8-11-4-3-5-13(14(11)20-15)19-10-16(17,9-18)12-6-7-12/h3-5,12,18H,6-10,17H2,1-2H3. The first-order valence-electron chi connectivity index (χ1n) is 7.27. The Balaban J connectivity index is 1.75. The highest BCUT2D eigenvalue weighted by Gasteiger charge is 2.43. The van der Waals surface area contributed by atoms with Gasteiger partial charge in [-0.25, -0.2) is 0 Å². The fraction of sp³-hybridized carbons (Fsp3) is 0.625. The minimum Gasteiger partial charge on any atom is -0.488 e. The maximum Gasteiger partial charge on any atom is 0.165 e. The molecule has 4 nitrogen and oxygen atoms in total. The van der Waals surface area contributed by atoms with Crippen molar-refractivity contribution in [3.05, 3.63) is 23.8 Å². The van der Waals surface area contributed by atoms with Crippen molar-refractivity contribution in [1.29, 1.82) is 0 Å². The van der Waals surface area contributed by atoms with Crippen molar-refractivity contribution in [3.8, 4) is 11.5 Å². The average molecular weight is 277 g/mol. The molecule has 0 spiro atoms. The number of aliphatic hydroxyl groups excluding tert-OH is 1. The van der Waals surface area contributed by atoms with E-state index in [-0.39, 0.29) is 12.2 Å². The van der Waals surface area contributed by atoms with Crippen LogP contribution in [0.5, 0.6) is 11.5 Å². The van der Waals surface area contributed by atoms with Gasteiger partial charge in [0.2, 0.25) is 0 Å². The van der Waals surface area contributed by atoms with Gasteiger partial charge in [0.15, 0.2) is 11.5 Å². The van der Waals surface area contributed by atoms with Gasteiger partial charge in [0.1, 0.15) is 12.2 Å². The van der Waals surface area contributed by atoms with Crippen LogP contribution < -0.4 is 15.2 Å². The van der Waals surface area contributed by atoms with E-state index in [0.717, 1.165) is 30.8 Å². The van der Waals surface area contributed by atoms with E-state index in [0.29, 0.717) is 12.5 Å². The lowest BCUT2D eigenvalue weighted by molar-refractivity contribution is 0.105. The first kappa shape index (κ1) is 13.7. The third-order valence-electron chi connectivity index (χ3n) is 4.24. The van der Waals surface area contributed by atoms with Crippen LogP contribution in [0.2, 0.25) is 0 Å². The summed E-state index contributed by atoms with van der Waals surface area (Å²) in [6, 6.07) is 5.96. The normalized spacial score (nSPS) is 22.8. The van der Waals surface area contributed by atoms with Crippen LogP contribution in [0, 0.1) is 5.92 Å². The molecule has 1 atom stereocenters. The Morgan fingerprint density at radius 3 is 2.85 bits per heavy atom. The van der Waals surface area contributed by atoms with Crippen molar-refractivity contribution in [1.82, 2.24) is 0 Å². The SMILES string of the molecule is CC1(C)Cc2cccc(OCC(N)(CO)C3CC3)c2O1. The quantitative estimate of drug-likeness (QED) is 0.862. The van der Waals surface area contributed by atoms with Crippen molar-refractivity contribution in [3.63, 3.8) is 0 Å². The number of nitrogens with two attached hydrogens (primary N) is 1. The summed E-state index contributed by atoms with van der Waals surface area (Å²) in [5.74, 6) is 1.94. The van der Waals surface area contributed by atoms with Crippen molar-refractivity contribution >= 4 is 0 Å². The number of ether oxygens (including phenoxy) is 2. The summed E-state index contributed by atoms with van der Waals surface area (Å²) in [6.45, 7) is 4.43. The first-order chi connectivity index (χ1) is 9.43. The smallest absolute Gasteiger partial charge is 0.165 e. The molecular weight excluding hydrogens is 254 g/mol. The monoisotopic (exact) mass is 277 g/mol. The Kier molecular flexibility index (Phi) is 3.18. The summed E-state index contributed by atoms with van der Waals surface area (Å²) in [5, 5.41) is 9.51. The summed E-state index contributed by atoms with van der Waals surface area (Å²) in [7, 11) is 0. The zero-order valence-corrected chi connectivity index (χ0v) is 12.2. The molecule has 20 heavy (non-hydrogen) atoms. The molecule has 1 saturated carbocycles. The summed E-state index contributed by atoms with van der Waals surface area (Å²) in [5.41, 5.74) is 6.59. The van der Waals surface area contributed by atoms with Crippen LogP contribution in [0.25, 0.3) is 0 Å². The first-order valence-corrected chi connectivity index (χ1v) is 7.27. The van der Waals surface area contributed by atoms with Gasteiger partial charge in [0.05, 0.1) is 12.1 Å². The van der Waals surface area contributed by atoms with Gasteiger partial charge in [-0.15, -0.1) is 0 Å². The van der Waals surface area contributed by atoms with Crippen LogP contribution in [0.1, 0.15) is 32.3 Å². The van der Waals surface area contributed by atoms with Crippen LogP contribution in [0.3, 0.4) is 0 Å². The van der Waals surface area contributed by atoms with E-state index in [1.165, 1.54) is 5.56 Å². The van der Waals surface area contributed by atoms with Gasteiger partial charge in [0.25, 0.3) is 0 Å². The van der Waals surface area contributed by atoms with Crippen molar-refractivity contribution in [2.75, 3.05) is 13.2 Å². The lowest BCUT2D eigenvalue weighted by Crippen LogP contribution is -2.51. The molecular formula is C16H23NO3. The highest BCUT2D eigenvalue weighted by atomic mass is 16.5. The van der Waals surface area contributed by atoms with Gasteiger partial charge in [0, 0.05) is 12.0 Å². The summed E-state index contributed by atoms with van der Waals surface area (Å²) in [6.07, 6.45) is 3.05. The molecule has 0 saturated heterocycles. The van der Waals surface area contributed by atoms with Crippen LogP contribution in [-0.2, 0) is 6.42 Å². The summed E-state index contributed by atoms with van der Waals surface area (Å²) >= 11 is 0. The van der Waals surface area contributed by atoms with Crippen molar-refractivity contribution in [2.45, 2.75) is 44.2 Å². The Morgan fingerprint density at radius 1 is 1.45 bits per heavy atom. The molecule has 1 heterocycles. The van der Waals surface area contributed by atoms with E-state index in [1.54, 1.807) is 0 Å². The molecule has 1 unspecified atom stereocenters. The maximum atomic E-state index is 9.51. The molecule has 3 rings (SSSR count). The third kappa shape index (κ3) is 2.50. The molecule has 1 fully saturated rings. The van der Waals surface area contributed by atoms with Crippen molar-refractivity contribution < 1.29 is 14.6 Å². The second-order valence-electron chi connectivity index (χ2n) is 6.74. The Bertz CT molecular complexity index is 510. The fourth-order valence-electron chi connectivity index (χ4n) is 2.86. The molecule has 1 aromatic carbocycles. The highest BCUT2D eigenvalue weighted by Crippen LogP contribution is 2.43. The number of rotatable bonds is 5. The van der Waals surface area contributed by atoms with Crippen LogP contribution in [-0.4, -0.2) is 29.5 Å². The molecule has 1 aliphatic heterocycles. The van der Waals surface area contributed by atoms with E-state index >= 15 is 0 Å². The second kappa shape index (κ2) is 4.64. The minimum atomic E-state index is -0.628. The molecule has 0 radical (unpaired) electrons. The lowest BCUT2D eigenvalue weighted by Gasteiger charge is -2.27.